The number of phenols is 2. The first-order valence-corrected chi connectivity index (χ1v) is 10.9. The number of aromatic hydroxyl groups is 2. The summed E-state index contributed by atoms with van der Waals surface area (Å²) in [5, 5.41) is 21.8. The van der Waals surface area contributed by atoms with Crippen molar-refractivity contribution in [1.29, 1.82) is 0 Å². The molecule has 0 radical (unpaired) electrons. The van der Waals surface area contributed by atoms with Gasteiger partial charge in [-0.3, -0.25) is 4.90 Å². The highest BCUT2D eigenvalue weighted by Crippen LogP contribution is 2.39. The molecule has 0 fully saturated rings. The van der Waals surface area contributed by atoms with Gasteiger partial charge < -0.3 is 10.2 Å². The maximum Gasteiger partial charge on any atom is 0.128 e. The van der Waals surface area contributed by atoms with Gasteiger partial charge in [0.15, 0.2) is 0 Å². The number of benzene rings is 2. The Kier molecular flexibility index (Phi) is 8.73. The minimum absolute atomic E-state index is 0.168. The third-order valence-electron chi connectivity index (χ3n) is 5.00. The van der Waals surface area contributed by atoms with Gasteiger partial charge >= 0.3 is 0 Å². The summed E-state index contributed by atoms with van der Waals surface area (Å²) in [6.45, 7) is 19.2. The van der Waals surface area contributed by atoms with Gasteiger partial charge in [0.1, 0.15) is 11.5 Å². The molecule has 162 valence electrons. The van der Waals surface area contributed by atoms with Crippen molar-refractivity contribution in [3.8, 4) is 22.6 Å². The van der Waals surface area contributed by atoms with E-state index in [4.69, 9.17) is 0 Å². The standard InChI is InChI=1S/C27H37NO2/c1-7-9-21-11-12-26(29)24(14-21)25-15-22(10-8-2)13-23(27(25)30)18-28(16-19(3)4)17-20(5)6/h7-8,11-15,19-20,29-30H,1-2,9-10,16-18H2,3-6H3. The van der Waals surface area contributed by atoms with Gasteiger partial charge in [-0.1, -0.05) is 52.0 Å². The lowest BCUT2D eigenvalue weighted by Gasteiger charge is -2.27. The van der Waals surface area contributed by atoms with Crippen LogP contribution in [0.15, 0.2) is 55.6 Å². The van der Waals surface area contributed by atoms with Crippen molar-refractivity contribution in [1.82, 2.24) is 4.90 Å². The van der Waals surface area contributed by atoms with E-state index < -0.39 is 0 Å². The van der Waals surface area contributed by atoms with Crippen LogP contribution in [0.25, 0.3) is 11.1 Å². The lowest BCUT2D eigenvalue weighted by atomic mass is 9.94. The highest BCUT2D eigenvalue weighted by molar-refractivity contribution is 5.78. The van der Waals surface area contributed by atoms with Crippen molar-refractivity contribution < 1.29 is 10.2 Å². The molecule has 2 aromatic rings. The maximum atomic E-state index is 11.2. The number of rotatable bonds is 11. The van der Waals surface area contributed by atoms with E-state index in [0.717, 1.165) is 29.8 Å². The van der Waals surface area contributed by atoms with Crippen LogP contribution in [0.2, 0.25) is 0 Å². The Labute approximate surface area is 182 Å². The van der Waals surface area contributed by atoms with Crippen LogP contribution in [0.3, 0.4) is 0 Å². The summed E-state index contributed by atoms with van der Waals surface area (Å²) in [7, 11) is 0. The third-order valence-corrected chi connectivity index (χ3v) is 5.00. The normalized spacial score (nSPS) is 11.4. The molecule has 0 saturated heterocycles. The van der Waals surface area contributed by atoms with Gasteiger partial charge in [-0.25, -0.2) is 0 Å². The zero-order valence-electron chi connectivity index (χ0n) is 19.0. The molecule has 2 aromatic carbocycles. The smallest absolute Gasteiger partial charge is 0.128 e. The number of hydrogen-bond acceptors (Lipinski definition) is 3. The molecule has 0 aliphatic heterocycles. The first kappa shape index (κ1) is 23.8. The molecular formula is C27H37NO2. The molecule has 0 amide bonds. The Morgan fingerprint density at radius 3 is 1.97 bits per heavy atom. The van der Waals surface area contributed by atoms with E-state index >= 15 is 0 Å². The molecule has 0 aliphatic rings. The van der Waals surface area contributed by atoms with Crippen LogP contribution in [-0.4, -0.2) is 28.2 Å². The monoisotopic (exact) mass is 407 g/mol. The molecule has 0 aliphatic carbocycles. The van der Waals surface area contributed by atoms with Gasteiger partial charge in [-0.05, 0) is 54.0 Å². The molecule has 3 nitrogen and oxygen atoms in total. The first-order valence-electron chi connectivity index (χ1n) is 10.9. The van der Waals surface area contributed by atoms with E-state index in [1.807, 2.05) is 30.4 Å². The number of allylic oxidation sites excluding steroid dienone is 2. The summed E-state index contributed by atoms with van der Waals surface area (Å²) in [5.41, 5.74) is 4.34. The highest BCUT2D eigenvalue weighted by Gasteiger charge is 2.18. The Hall–Kier alpha value is -2.52. The minimum Gasteiger partial charge on any atom is -0.507 e. The molecule has 30 heavy (non-hydrogen) atoms. The predicted molar refractivity (Wildman–Crippen MR) is 128 cm³/mol. The predicted octanol–water partition coefficient (Wildman–Crippen LogP) is 6.34. The lowest BCUT2D eigenvalue weighted by Crippen LogP contribution is -2.31. The summed E-state index contributed by atoms with van der Waals surface area (Å²) in [4.78, 5) is 2.40. The fourth-order valence-electron chi connectivity index (χ4n) is 3.94. The molecule has 0 heterocycles. The van der Waals surface area contributed by atoms with Gasteiger partial charge in [0.25, 0.3) is 0 Å². The number of nitrogens with zero attached hydrogens (tertiary/aromatic N) is 1. The van der Waals surface area contributed by atoms with Crippen LogP contribution < -0.4 is 0 Å². The van der Waals surface area contributed by atoms with Crippen molar-refractivity contribution in [2.45, 2.75) is 47.1 Å². The first-order chi connectivity index (χ1) is 14.2. The van der Waals surface area contributed by atoms with Crippen molar-refractivity contribution in [2.24, 2.45) is 11.8 Å². The van der Waals surface area contributed by atoms with Crippen molar-refractivity contribution in [3.05, 3.63) is 72.3 Å². The van der Waals surface area contributed by atoms with E-state index in [1.165, 1.54) is 0 Å². The van der Waals surface area contributed by atoms with Crippen molar-refractivity contribution >= 4 is 0 Å². The SMILES string of the molecule is C=CCc1ccc(O)c(-c2cc(CC=C)cc(CN(CC(C)C)CC(C)C)c2O)c1. The molecule has 0 unspecified atom stereocenters. The zero-order chi connectivity index (χ0) is 22.3. The summed E-state index contributed by atoms with van der Waals surface area (Å²) in [6.07, 6.45) is 5.13. The van der Waals surface area contributed by atoms with E-state index in [9.17, 15) is 10.2 Å². The lowest BCUT2D eigenvalue weighted by molar-refractivity contribution is 0.209. The summed E-state index contributed by atoms with van der Waals surface area (Å²) >= 11 is 0. The number of hydrogen-bond donors (Lipinski definition) is 2. The molecule has 0 saturated carbocycles. The fourth-order valence-corrected chi connectivity index (χ4v) is 3.94. The Morgan fingerprint density at radius 2 is 1.40 bits per heavy atom. The summed E-state index contributed by atoms with van der Waals surface area (Å²) < 4.78 is 0. The van der Waals surface area contributed by atoms with Gasteiger partial charge in [0.05, 0.1) is 0 Å². The third kappa shape index (κ3) is 6.50. The minimum atomic E-state index is 0.168. The van der Waals surface area contributed by atoms with Crippen molar-refractivity contribution in [2.75, 3.05) is 13.1 Å². The summed E-state index contributed by atoms with van der Waals surface area (Å²) in [5.74, 6) is 1.50. The highest BCUT2D eigenvalue weighted by atomic mass is 16.3. The summed E-state index contributed by atoms with van der Waals surface area (Å²) in [6, 6.07) is 9.55. The number of phenolic OH excluding ortho intramolecular Hbond substituents is 2. The maximum absolute atomic E-state index is 11.2. The van der Waals surface area contributed by atoms with Crippen LogP contribution in [0.5, 0.6) is 11.5 Å². The van der Waals surface area contributed by atoms with Crippen LogP contribution in [0.4, 0.5) is 0 Å². The molecule has 0 spiro atoms. The molecule has 3 heteroatoms. The average Bonchev–Trinajstić information content (AvgIpc) is 2.65. The van der Waals surface area contributed by atoms with Gasteiger partial charge in [-0.2, -0.15) is 0 Å². The average molecular weight is 408 g/mol. The van der Waals surface area contributed by atoms with Gasteiger partial charge in [0, 0.05) is 36.3 Å². The van der Waals surface area contributed by atoms with Crippen LogP contribution in [0, 0.1) is 11.8 Å². The Morgan fingerprint density at radius 1 is 0.833 bits per heavy atom. The van der Waals surface area contributed by atoms with E-state index in [2.05, 4.69) is 51.8 Å². The topological polar surface area (TPSA) is 43.7 Å². The molecular weight excluding hydrogens is 370 g/mol. The van der Waals surface area contributed by atoms with E-state index in [0.29, 0.717) is 42.3 Å². The Bertz CT molecular complexity index is 857. The Balaban J connectivity index is 2.55. The van der Waals surface area contributed by atoms with E-state index in [-0.39, 0.29) is 11.5 Å². The molecule has 2 rings (SSSR count). The van der Waals surface area contributed by atoms with Gasteiger partial charge in [0.2, 0.25) is 0 Å². The fraction of sp³-hybridized carbons (Fsp3) is 0.407. The zero-order valence-corrected chi connectivity index (χ0v) is 19.0. The van der Waals surface area contributed by atoms with Crippen molar-refractivity contribution in [3.63, 3.8) is 0 Å². The quantitative estimate of drug-likeness (QED) is 0.427. The molecule has 0 aromatic heterocycles. The second-order valence-electron chi connectivity index (χ2n) is 8.97. The van der Waals surface area contributed by atoms with Crippen LogP contribution in [0.1, 0.15) is 44.4 Å². The van der Waals surface area contributed by atoms with E-state index in [1.54, 1.807) is 6.07 Å². The van der Waals surface area contributed by atoms with Crippen LogP contribution >= 0.6 is 0 Å². The molecule has 0 atom stereocenters. The van der Waals surface area contributed by atoms with Crippen LogP contribution in [-0.2, 0) is 19.4 Å². The molecule has 0 bridgehead atoms. The second kappa shape index (κ2) is 11.0. The van der Waals surface area contributed by atoms with Gasteiger partial charge in [-0.15, -0.1) is 13.2 Å². The largest absolute Gasteiger partial charge is 0.507 e. The second-order valence-corrected chi connectivity index (χ2v) is 8.97. The molecule has 2 N–H and O–H groups in total.